The maximum absolute atomic E-state index is 14.3. The van der Waals surface area contributed by atoms with Gasteiger partial charge in [-0.2, -0.15) is 0 Å². The van der Waals surface area contributed by atoms with Gasteiger partial charge in [0.25, 0.3) is 0 Å². The van der Waals surface area contributed by atoms with Crippen LogP contribution in [0.4, 0.5) is 14.9 Å². The summed E-state index contributed by atoms with van der Waals surface area (Å²) in [6.45, 7) is 2.24. The molecule has 1 saturated heterocycles. The Morgan fingerprint density at radius 1 is 1.15 bits per heavy atom. The van der Waals surface area contributed by atoms with E-state index in [1.54, 1.807) is 21.3 Å². The number of halogens is 2. The van der Waals surface area contributed by atoms with Gasteiger partial charge in [0.1, 0.15) is 5.82 Å². The van der Waals surface area contributed by atoms with Gasteiger partial charge in [0, 0.05) is 30.3 Å². The number of benzene rings is 2. The van der Waals surface area contributed by atoms with E-state index in [1.807, 2.05) is 24.3 Å². The molecule has 4 rings (SSSR count). The van der Waals surface area contributed by atoms with Crippen molar-refractivity contribution < 1.29 is 13.9 Å². The molecular weight excluding hydrogens is 387 g/mol. The molecule has 2 aliphatic heterocycles. The van der Waals surface area contributed by atoms with E-state index in [9.17, 15) is 9.18 Å². The second kappa shape index (κ2) is 8.09. The Balaban J connectivity index is 1.63. The molecule has 0 unspecified atom stereocenters. The van der Waals surface area contributed by atoms with Gasteiger partial charge in [-0.3, -0.25) is 9.21 Å². The van der Waals surface area contributed by atoms with Crippen LogP contribution in [0.2, 0.25) is 5.02 Å². The van der Waals surface area contributed by atoms with E-state index in [2.05, 4.69) is 0 Å². The van der Waals surface area contributed by atoms with Crippen molar-refractivity contribution in [2.24, 2.45) is 5.92 Å². The smallest absolute Gasteiger partial charge is 0.335 e. The highest BCUT2D eigenvalue weighted by atomic mass is 35.5. The topological polar surface area (TPSA) is 32.8 Å². The Bertz CT molecular complexity index is 824. The predicted octanol–water partition coefficient (Wildman–Crippen LogP) is 5.36. The highest BCUT2D eigenvalue weighted by Gasteiger charge is 2.33. The molecule has 2 amide bonds. The van der Waals surface area contributed by atoms with Crippen molar-refractivity contribution in [2.45, 2.75) is 24.3 Å². The number of fused-ring (bicyclic) bond motifs is 1. The van der Waals surface area contributed by atoms with Crippen molar-refractivity contribution in [1.82, 2.24) is 4.31 Å². The SMILES string of the molecule is O=C1N(CC2CCOCC2)Sc2ccccc2N1Cc1c(F)cccc1Cl. The van der Waals surface area contributed by atoms with Crippen LogP contribution in [-0.4, -0.2) is 30.1 Å². The van der Waals surface area contributed by atoms with Crippen LogP contribution in [0.1, 0.15) is 18.4 Å². The molecule has 4 nitrogen and oxygen atoms in total. The lowest BCUT2D eigenvalue weighted by molar-refractivity contribution is 0.0629. The van der Waals surface area contributed by atoms with Crippen LogP contribution in [-0.2, 0) is 11.3 Å². The Morgan fingerprint density at radius 2 is 1.93 bits per heavy atom. The Morgan fingerprint density at radius 3 is 2.70 bits per heavy atom. The summed E-state index contributed by atoms with van der Waals surface area (Å²) in [5, 5.41) is 0.328. The summed E-state index contributed by atoms with van der Waals surface area (Å²) in [6, 6.07) is 12.2. The van der Waals surface area contributed by atoms with Crippen molar-refractivity contribution >= 4 is 35.3 Å². The summed E-state index contributed by atoms with van der Waals surface area (Å²) >= 11 is 7.66. The first-order valence-electron chi connectivity index (χ1n) is 9.00. The zero-order valence-electron chi connectivity index (χ0n) is 14.7. The van der Waals surface area contributed by atoms with Gasteiger partial charge in [-0.25, -0.2) is 9.18 Å². The number of hydrogen-bond donors (Lipinski definition) is 0. The van der Waals surface area contributed by atoms with Crippen molar-refractivity contribution in [3.63, 3.8) is 0 Å². The summed E-state index contributed by atoms with van der Waals surface area (Å²) in [4.78, 5) is 15.8. The first-order chi connectivity index (χ1) is 13.1. The molecule has 2 aromatic rings. The predicted molar refractivity (Wildman–Crippen MR) is 106 cm³/mol. The van der Waals surface area contributed by atoms with Gasteiger partial charge < -0.3 is 4.74 Å². The molecule has 2 heterocycles. The lowest BCUT2D eigenvalue weighted by atomic mass is 10.0. The second-order valence-corrected chi connectivity index (χ2v) is 8.22. The van der Waals surface area contributed by atoms with Crippen molar-refractivity contribution in [2.75, 3.05) is 24.7 Å². The van der Waals surface area contributed by atoms with E-state index in [0.717, 1.165) is 36.6 Å². The molecule has 0 saturated carbocycles. The van der Waals surface area contributed by atoms with Crippen LogP contribution < -0.4 is 4.90 Å². The summed E-state index contributed by atoms with van der Waals surface area (Å²) in [5.74, 6) is 0.0151. The van der Waals surface area contributed by atoms with E-state index in [0.29, 0.717) is 23.0 Å². The van der Waals surface area contributed by atoms with Crippen molar-refractivity contribution in [3.8, 4) is 0 Å². The fourth-order valence-corrected chi connectivity index (χ4v) is 4.76. The zero-order valence-corrected chi connectivity index (χ0v) is 16.3. The average Bonchev–Trinajstić information content (AvgIpc) is 2.68. The third-order valence-corrected chi connectivity index (χ3v) is 6.37. The molecule has 0 aliphatic carbocycles. The number of nitrogens with zero attached hydrogens (tertiary/aromatic N) is 2. The minimum atomic E-state index is -0.401. The van der Waals surface area contributed by atoms with Crippen molar-refractivity contribution in [1.29, 1.82) is 0 Å². The van der Waals surface area contributed by atoms with E-state index in [4.69, 9.17) is 16.3 Å². The molecule has 2 aromatic carbocycles. The number of carbonyl (C=O) groups is 1. The molecular formula is C20H20ClFN2O2S. The number of para-hydroxylation sites is 1. The molecule has 142 valence electrons. The number of carbonyl (C=O) groups excluding carboxylic acids is 1. The lowest BCUT2D eigenvalue weighted by Gasteiger charge is -2.38. The lowest BCUT2D eigenvalue weighted by Crippen LogP contribution is -2.45. The fourth-order valence-electron chi connectivity index (χ4n) is 3.43. The molecule has 0 radical (unpaired) electrons. The van der Waals surface area contributed by atoms with Gasteiger partial charge in [-0.05, 0) is 55.0 Å². The summed E-state index contributed by atoms with van der Waals surface area (Å²) in [5.41, 5.74) is 1.12. The molecule has 1 fully saturated rings. The van der Waals surface area contributed by atoms with Crippen LogP contribution in [0.25, 0.3) is 0 Å². The molecule has 0 atom stereocenters. The fraction of sp³-hybridized carbons (Fsp3) is 0.350. The molecule has 0 N–H and O–H groups in total. The monoisotopic (exact) mass is 406 g/mol. The highest BCUT2D eigenvalue weighted by molar-refractivity contribution is 7.97. The molecule has 2 aliphatic rings. The van der Waals surface area contributed by atoms with Gasteiger partial charge in [0.15, 0.2) is 0 Å². The summed E-state index contributed by atoms with van der Waals surface area (Å²) in [6.07, 6.45) is 1.90. The number of rotatable bonds is 4. The van der Waals surface area contributed by atoms with E-state index < -0.39 is 5.82 Å². The van der Waals surface area contributed by atoms with Crippen LogP contribution in [0.5, 0.6) is 0 Å². The zero-order chi connectivity index (χ0) is 18.8. The maximum Gasteiger partial charge on any atom is 0.335 e. The van der Waals surface area contributed by atoms with E-state index in [1.165, 1.54) is 18.0 Å². The van der Waals surface area contributed by atoms with Crippen LogP contribution in [0.3, 0.4) is 0 Å². The van der Waals surface area contributed by atoms with Crippen LogP contribution in [0, 0.1) is 11.7 Å². The molecule has 0 aromatic heterocycles. The molecule has 0 bridgehead atoms. The van der Waals surface area contributed by atoms with Gasteiger partial charge in [-0.1, -0.05) is 29.8 Å². The number of anilines is 1. The largest absolute Gasteiger partial charge is 0.381 e. The number of ether oxygens (including phenoxy) is 1. The van der Waals surface area contributed by atoms with Gasteiger partial charge >= 0.3 is 6.03 Å². The standard InChI is InChI=1S/C20H20ClFN2O2S/c21-16-4-3-5-17(22)15(16)13-23-18-6-1-2-7-19(18)27-24(20(23)25)12-14-8-10-26-11-9-14/h1-7,14H,8-13H2. The Hall–Kier alpha value is -1.76. The third kappa shape index (κ3) is 3.93. The first kappa shape index (κ1) is 18.6. The highest BCUT2D eigenvalue weighted by Crippen LogP contribution is 2.40. The van der Waals surface area contributed by atoms with Gasteiger partial charge in [0.2, 0.25) is 0 Å². The molecule has 0 spiro atoms. The number of amides is 2. The number of urea groups is 1. The van der Waals surface area contributed by atoms with Gasteiger partial charge in [-0.15, -0.1) is 0 Å². The van der Waals surface area contributed by atoms with Crippen LogP contribution in [0.15, 0.2) is 47.4 Å². The van der Waals surface area contributed by atoms with Crippen LogP contribution >= 0.6 is 23.5 Å². The van der Waals surface area contributed by atoms with E-state index in [-0.39, 0.29) is 12.6 Å². The minimum Gasteiger partial charge on any atom is -0.381 e. The average molecular weight is 407 g/mol. The quantitative estimate of drug-likeness (QED) is 0.641. The molecule has 27 heavy (non-hydrogen) atoms. The minimum absolute atomic E-state index is 0.103. The Kier molecular flexibility index (Phi) is 5.57. The number of hydrogen-bond acceptors (Lipinski definition) is 3. The summed E-state index contributed by atoms with van der Waals surface area (Å²) in [7, 11) is 0. The normalized spacial score (nSPS) is 17.9. The first-order valence-corrected chi connectivity index (χ1v) is 10.2. The van der Waals surface area contributed by atoms with Gasteiger partial charge in [0.05, 0.1) is 17.1 Å². The summed E-state index contributed by atoms with van der Waals surface area (Å²) < 4.78 is 21.5. The maximum atomic E-state index is 14.3. The Labute approximate surface area is 167 Å². The third-order valence-electron chi connectivity index (χ3n) is 4.95. The van der Waals surface area contributed by atoms with Crippen molar-refractivity contribution in [3.05, 3.63) is 58.9 Å². The second-order valence-electron chi connectivity index (χ2n) is 6.74. The van der Waals surface area contributed by atoms with E-state index >= 15 is 0 Å². The molecule has 7 heteroatoms.